The molecule has 0 unspecified atom stereocenters. The number of hydrogen-bond donors (Lipinski definition) is 1. The van der Waals surface area contributed by atoms with Gasteiger partial charge in [-0.25, -0.2) is 0 Å². The monoisotopic (exact) mass is 261 g/mol. The maximum Gasteiger partial charge on any atom is 0.310 e. The van der Waals surface area contributed by atoms with Crippen LogP contribution in [0.5, 0.6) is 0 Å². The first-order chi connectivity index (χ1) is 8.74. The number of aliphatic carboxylic acids is 1. The molecule has 0 aromatic carbocycles. The fraction of sp³-hybridized carbons (Fsp3) is 0.100. The maximum absolute atomic E-state index is 10.6. The molecule has 3 aromatic rings. The van der Waals surface area contributed by atoms with Crippen LogP contribution in [0, 0.1) is 0 Å². The molecule has 7 nitrogen and oxygen atoms in total. The smallest absolute Gasteiger partial charge is 0.310 e. The zero-order chi connectivity index (χ0) is 12.5. The highest BCUT2D eigenvalue weighted by Gasteiger charge is 2.14. The third-order valence-electron chi connectivity index (χ3n) is 2.25. The van der Waals surface area contributed by atoms with E-state index in [4.69, 9.17) is 5.11 Å². The number of carboxylic acid groups (broad SMARTS) is 1. The molecule has 18 heavy (non-hydrogen) atoms. The fourth-order valence-corrected chi connectivity index (χ4v) is 2.36. The Balaban J connectivity index is 2.08. The largest absolute Gasteiger partial charge is 0.481 e. The summed E-state index contributed by atoms with van der Waals surface area (Å²) in [6.07, 6.45) is 3.21. The molecule has 0 aliphatic heterocycles. The van der Waals surface area contributed by atoms with E-state index in [1.807, 2.05) is 6.07 Å². The lowest BCUT2D eigenvalue weighted by Crippen LogP contribution is -2.00. The molecule has 0 aliphatic rings. The van der Waals surface area contributed by atoms with Gasteiger partial charge in [0.05, 0.1) is 6.42 Å². The summed E-state index contributed by atoms with van der Waals surface area (Å²) in [5.74, 6) is -0.353. The Morgan fingerprint density at radius 2 is 2.33 bits per heavy atom. The SMILES string of the molecule is O=C(O)Cc1nn2c(-c3cccnc3)nnc2s1. The van der Waals surface area contributed by atoms with Crippen molar-refractivity contribution in [1.29, 1.82) is 0 Å². The van der Waals surface area contributed by atoms with Crippen molar-refractivity contribution in [2.24, 2.45) is 0 Å². The summed E-state index contributed by atoms with van der Waals surface area (Å²) in [7, 11) is 0. The predicted molar refractivity (Wildman–Crippen MR) is 63.2 cm³/mol. The van der Waals surface area contributed by atoms with E-state index in [9.17, 15) is 4.79 Å². The second kappa shape index (κ2) is 4.15. The number of hydrogen-bond acceptors (Lipinski definition) is 6. The maximum atomic E-state index is 10.6. The summed E-state index contributed by atoms with van der Waals surface area (Å²) in [5, 5.41) is 21.4. The Hall–Kier alpha value is -2.35. The first-order valence-corrected chi connectivity index (χ1v) is 5.89. The van der Waals surface area contributed by atoms with Crippen LogP contribution in [0.3, 0.4) is 0 Å². The van der Waals surface area contributed by atoms with Gasteiger partial charge in [-0.15, -0.1) is 10.2 Å². The molecule has 0 saturated heterocycles. The molecule has 0 saturated carbocycles. The normalized spacial score (nSPS) is 10.9. The van der Waals surface area contributed by atoms with Crippen molar-refractivity contribution in [3.05, 3.63) is 29.5 Å². The number of rotatable bonds is 3. The van der Waals surface area contributed by atoms with Gasteiger partial charge in [-0.3, -0.25) is 9.78 Å². The van der Waals surface area contributed by atoms with E-state index in [-0.39, 0.29) is 6.42 Å². The van der Waals surface area contributed by atoms with Crippen LogP contribution in [0.2, 0.25) is 0 Å². The molecule has 0 spiro atoms. The fourth-order valence-electron chi connectivity index (χ4n) is 1.53. The lowest BCUT2D eigenvalue weighted by Gasteiger charge is -1.94. The molecule has 3 aromatic heterocycles. The highest BCUT2D eigenvalue weighted by molar-refractivity contribution is 7.16. The van der Waals surface area contributed by atoms with Crippen LogP contribution in [-0.4, -0.2) is 35.9 Å². The van der Waals surface area contributed by atoms with Gasteiger partial charge in [0.2, 0.25) is 4.96 Å². The Kier molecular flexibility index (Phi) is 2.49. The quantitative estimate of drug-likeness (QED) is 0.752. The van der Waals surface area contributed by atoms with E-state index >= 15 is 0 Å². The second-order valence-corrected chi connectivity index (χ2v) is 4.57. The van der Waals surface area contributed by atoms with E-state index in [1.165, 1.54) is 11.3 Å². The third kappa shape index (κ3) is 1.82. The van der Waals surface area contributed by atoms with E-state index in [1.54, 1.807) is 23.0 Å². The van der Waals surface area contributed by atoms with Crippen LogP contribution >= 0.6 is 11.3 Å². The topological polar surface area (TPSA) is 93.3 Å². The van der Waals surface area contributed by atoms with Crippen molar-refractivity contribution >= 4 is 22.3 Å². The van der Waals surface area contributed by atoms with Crippen molar-refractivity contribution in [2.75, 3.05) is 0 Å². The third-order valence-corrected chi connectivity index (χ3v) is 3.15. The summed E-state index contributed by atoms with van der Waals surface area (Å²) in [5.41, 5.74) is 0.789. The van der Waals surface area contributed by atoms with Crippen LogP contribution in [0.4, 0.5) is 0 Å². The number of carboxylic acids is 1. The summed E-state index contributed by atoms with van der Waals surface area (Å²) in [6.45, 7) is 0. The molecule has 0 radical (unpaired) electrons. The van der Waals surface area contributed by atoms with Gasteiger partial charge in [-0.05, 0) is 12.1 Å². The van der Waals surface area contributed by atoms with Crippen LogP contribution in [0.15, 0.2) is 24.5 Å². The van der Waals surface area contributed by atoms with Crippen molar-refractivity contribution in [3.63, 3.8) is 0 Å². The highest BCUT2D eigenvalue weighted by Crippen LogP contribution is 2.20. The molecule has 90 valence electrons. The van der Waals surface area contributed by atoms with Crippen molar-refractivity contribution < 1.29 is 9.90 Å². The van der Waals surface area contributed by atoms with E-state index in [2.05, 4.69) is 20.3 Å². The molecule has 3 heterocycles. The lowest BCUT2D eigenvalue weighted by molar-refractivity contribution is -0.136. The first kappa shape index (κ1) is 10.8. The molecule has 0 bridgehead atoms. The number of nitrogens with zero attached hydrogens (tertiary/aromatic N) is 5. The van der Waals surface area contributed by atoms with Gasteiger partial charge >= 0.3 is 5.97 Å². The molecule has 0 fully saturated rings. The molecular formula is C10H7N5O2S. The van der Waals surface area contributed by atoms with Crippen molar-refractivity contribution in [3.8, 4) is 11.4 Å². The summed E-state index contributed by atoms with van der Waals surface area (Å²) >= 11 is 1.22. The van der Waals surface area contributed by atoms with Gasteiger partial charge in [-0.2, -0.15) is 9.61 Å². The summed E-state index contributed by atoms with van der Waals surface area (Å²) in [4.78, 5) is 15.2. The minimum absolute atomic E-state index is 0.111. The minimum Gasteiger partial charge on any atom is -0.481 e. The van der Waals surface area contributed by atoms with Gasteiger partial charge in [0.25, 0.3) is 0 Å². The number of fused-ring (bicyclic) bond motifs is 1. The zero-order valence-corrected chi connectivity index (χ0v) is 9.83. The number of aromatic nitrogens is 5. The van der Waals surface area contributed by atoms with Crippen molar-refractivity contribution in [1.82, 2.24) is 24.8 Å². The minimum atomic E-state index is -0.914. The molecule has 1 N–H and O–H groups in total. The zero-order valence-electron chi connectivity index (χ0n) is 9.02. The standard InChI is InChI=1S/C10H7N5O2S/c16-8(17)4-7-14-15-9(12-13-10(15)18-7)6-2-1-3-11-5-6/h1-3,5H,4H2,(H,16,17). The van der Waals surface area contributed by atoms with Crippen molar-refractivity contribution in [2.45, 2.75) is 6.42 Å². The molecule has 0 atom stereocenters. The number of carbonyl (C=O) groups is 1. The van der Waals surface area contributed by atoms with Crippen LogP contribution in [0.25, 0.3) is 16.3 Å². The Bertz CT molecular complexity index is 705. The predicted octanol–water partition coefficient (Wildman–Crippen LogP) is 0.875. The van der Waals surface area contributed by atoms with Gasteiger partial charge in [0.1, 0.15) is 5.01 Å². The lowest BCUT2D eigenvalue weighted by atomic mass is 10.3. The molecule has 0 amide bonds. The van der Waals surface area contributed by atoms with Gasteiger partial charge < -0.3 is 5.11 Å². The Morgan fingerprint density at radius 3 is 3.06 bits per heavy atom. The average molecular weight is 261 g/mol. The van der Waals surface area contributed by atoms with E-state index in [0.29, 0.717) is 15.8 Å². The van der Waals surface area contributed by atoms with E-state index < -0.39 is 5.97 Å². The molecular weight excluding hydrogens is 254 g/mol. The van der Waals surface area contributed by atoms with Crippen LogP contribution < -0.4 is 0 Å². The Labute approximate surface area is 105 Å². The highest BCUT2D eigenvalue weighted by atomic mass is 32.1. The summed E-state index contributed by atoms with van der Waals surface area (Å²) < 4.78 is 1.54. The number of pyridine rings is 1. The van der Waals surface area contributed by atoms with Gasteiger partial charge in [-0.1, -0.05) is 11.3 Å². The van der Waals surface area contributed by atoms with Gasteiger partial charge in [0.15, 0.2) is 5.82 Å². The second-order valence-electron chi connectivity index (χ2n) is 3.53. The van der Waals surface area contributed by atoms with Gasteiger partial charge in [0, 0.05) is 18.0 Å². The average Bonchev–Trinajstić information content (AvgIpc) is 2.88. The molecule has 3 rings (SSSR count). The Morgan fingerprint density at radius 1 is 1.44 bits per heavy atom. The first-order valence-electron chi connectivity index (χ1n) is 5.07. The van der Waals surface area contributed by atoms with Crippen LogP contribution in [-0.2, 0) is 11.2 Å². The molecule has 0 aliphatic carbocycles. The molecule has 8 heteroatoms. The summed E-state index contributed by atoms with van der Waals surface area (Å²) in [6, 6.07) is 3.64. The van der Waals surface area contributed by atoms with E-state index in [0.717, 1.165) is 5.56 Å². The van der Waals surface area contributed by atoms with Crippen LogP contribution in [0.1, 0.15) is 5.01 Å².